The minimum atomic E-state index is -0.663. The molecule has 0 saturated carbocycles. The van der Waals surface area contributed by atoms with Crippen LogP contribution in [0.15, 0.2) is 30.3 Å². The predicted molar refractivity (Wildman–Crippen MR) is 91.5 cm³/mol. The van der Waals surface area contributed by atoms with Crippen LogP contribution in [0.4, 0.5) is 5.82 Å². The van der Waals surface area contributed by atoms with Crippen molar-refractivity contribution in [1.82, 2.24) is 9.88 Å². The molecule has 23 heavy (non-hydrogen) atoms. The van der Waals surface area contributed by atoms with Crippen LogP contribution in [0.2, 0.25) is 0 Å². The van der Waals surface area contributed by atoms with E-state index in [1.165, 1.54) is 0 Å². The Kier molecular flexibility index (Phi) is 6.15. The monoisotopic (exact) mass is 319 g/mol. The Morgan fingerprint density at radius 1 is 1.17 bits per heavy atom. The van der Waals surface area contributed by atoms with Gasteiger partial charge in [0.05, 0.1) is 12.6 Å². The molecule has 1 aromatic heterocycles. The van der Waals surface area contributed by atoms with Gasteiger partial charge >= 0.3 is 0 Å². The highest BCUT2D eigenvalue weighted by Crippen LogP contribution is 2.20. The molecular formula is C17H25N3O3. The van der Waals surface area contributed by atoms with Crippen molar-refractivity contribution in [3.8, 4) is 5.75 Å². The molecule has 0 aliphatic carbocycles. The van der Waals surface area contributed by atoms with Crippen molar-refractivity contribution in [2.75, 3.05) is 25.5 Å². The van der Waals surface area contributed by atoms with E-state index in [0.717, 1.165) is 28.9 Å². The van der Waals surface area contributed by atoms with E-state index in [0.29, 0.717) is 13.1 Å². The van der Waals surface area contributed by atoms with Crippen molar-refractivity contribution in [3.63, 3.8) is 0 Å². The molecule has 0 radical (unpaired) electrons. The van der Waals surface area contributed by atoms with Crippen LogP contribution in [0.3, 0.4) is 0 Å². The molecule has 6 heteroatoms. The number of fused-ring (bicyclic) bond motifs is 1. The maximum absolute atomic E-state index is 9.58. The van der Waals surface area contributed by atoms with Gasteiger partial charge in [-0.3, -0.25) is 4.90 Å². The van der Waals surface area contributed by atoms with E-state index in [2.05, 4.69) is 10.3 Å². The standard InChI is InChI=1S/C17H25N3O3/c1-12(21)20(13(2)22)10-4-9-18-17-8-5-14-11-15(23-3)6-7-16(14)19-17/h5-8,11-13,21-22H,4,9-10H2,1-3H3,(H,18,19). The fraction of sp³-hybridized carbons (Fsp3) is 0.471. The van der Waals surface area contributed by atoms with E-state index in [1.54, 1.807) is 25.9 Å². The molecule has 0 aliphatic heterocycles. The molecule has 0 spiro atoms. The molecule has 2 aromatic rings. The smallest absolute Gasteiger partial charge is 0.126 e. The van der Waals surface area contributed by atoms with Gasteiger partial charge in [0.15, 0.2) is 0 Å². The summed E-state index contributed by atoms with van der Waals surface area (Å²) in [5.74, 6) is 1.62. The summed E-state index contributed by atoms with van der Waals surface area (Å²) in [6.45, 7) is 4.62. The lowest BCUT2D eigenvalue weighted by atomic mass is 10.2. The van der Waals surface area contributed by atoms with Crippen LogP contribution in [0, 0.1) is 0 Å². The molecule has 2 atom stereocenters. The van der Waals surface area contributed by atoms with Gasteiger partial charge in [0.25, 0.3) is 0 Å². The maximum Gasteiger partial charge on any atom is 0.126 e. The Hall–Kier alpha value is -1.89. The molecule has 1 heterocycles. The molecule has 126 valence electrons. The van der Waals surface area contributed by atoms with Gasteiger partial charge in [0, 0.05) is 18.5 Å². The molecule has 0 aliphatic rings. The topological polar surface area (TPSA) is 77.9 Å². The SMILES string of the molecule is COc1ccc2nc(NCCCN(C(C)O)C(C)O)ccc2c1. The second-order valence-corrected chi connectivity index (χ2v) is 5.54. The van der Waals surface area contributed by atoms with E-state index in [1.807, 2.05) is 30.3 Å². The van der Waals surface area contributed by atoms with Crippen molar-refractivity contribution < 1.29 is 14.9 Å². The number of aromatic nitrogens is 1. The van der Waals surface area contributed by atoms with Crippen molar-refractivity contribution in [2.45, 2.75) is 32.7 Å². The summed E-state index contributed by atoms with van der Waals surface area (Å²) in [7, 11) is 1.65. The van der Waals surface area contributed by atoms with Gasteiger partial charge < -0.3 is 20.3 Å². The Bertz CT molecular complexity index is 624. The molecule has 3 N–H and O–H groups in total. The van der Waals surface area contributed by atoms with Crippen LogP contribution in [-0.2, 0) is 0 Å². The first-order valence-electron chi connectivity index (χ1n) is 7.82. The summed E-state index contributed by atoms with van der Waals surface area (Å²) in [4.78, 5) is 6.19. The second-order valence-electron chi connectivity index (χ2n) is 5.54. The van der Waals surface area contributed by atoms with Gasteiger partial charge in [0.1, 0.15) is 24.0 Å². The fourth-order valence-corrected chi connectivity index (χ4v) is 2.49. The summed E-state index contributed by atoms with van der Waals surface area (Å²) in [5, 5.41) is 23.5. The molecular weight excluding hydrogens is 294 g/mol. The number of ether oxygens (including phenoxy) is 1. The number of aliphatic hydroxyl groups excluding tert-OH is 2. The van der Waals surface area contributed by atoms with Gasteiger partial charge in [-0.2, -0.15) is 0 Å². The van der Waals surface area contributed by atoms with Crippen molar-refractivity contribution in [1.29, 1.82) is 0 Å². The Balaban J connectivity index is 1.90. The van der Waals surface area contributed by atoms with E-state index in [4.69, 9.17) is 4.74 Å². The summed E-state index contributed by atoms with van der Waals surface area (Å²) >= 11 is 0. The quantitative estimate of drug-likeness (QED) is 0.510. The largest absolute Gasteiger partial charge is 0.497 e. The van der Waals surface area contributed by atoms with Crippen LogP contribution in [0.1, 0.15) is 20.3 Å². The van der Waals surface area contributed by atoms with E-state index >= 15 is 0 Å². The Morgan fingerprint density at radius 2 is 1.91 bits per heavy atom. The average Bonchev–Trinajstić information content (AvgIpc) is 2.53. The lowest BCUT2D eigenvalue weighted by molar-refractivity contribution is -0.0837. The second kappa shape index (κ2) is 8.10. The highest BCUT2D eigenvalue weighted by molar-refractivity contribution is 5.81. The third-order valence-corrected chi connectivity index (χ3v) is 3.76. The zero-order valence-corrected chi connectivity index (χ0v) is 13.9. The maximum atomic E-state index is 9.58. The molecule has 2 unspecified atom stereocenters. The van der Waals surface area contributed by atoms with Crippen LogP contribution in [-0.4, -0.2) is 52.8 Å². The normalized spacial score (nSPS) is 14.0. The van der Waals surface area contributed by atoms with E-state index < -0.39 is 12.5 Å². The van der Waals surface area contributed by atoms with Gasteiger partial charge in [-0.25, -0.2) is 4.98 Å². The van der Waals surface area contributed by atoms with E-state index in [-0.39, 0.29) is 0 Å². The van der Waals surface area contributed by atoms with Crippen molar-refractivity contribution in [2.24, 2.45) is 0 Å². The first kappa shape index (κ1) is 17.5. The number of rotatable bonds is 8. The highest BCUT2D eigenvalue weighted by atomic mass is 16.5. The molecule has 2 rings (SSSR count). The third-order valence-electron chi connectivity index (χ3n) is 3.76. The number of methoxy groups -OCH3 is 1. The zero-order valence-electron chi connectivity index (χ0n) is 13.9. The molecule has 0 bridgehead atoms. The van der Waals surface area contributed by atoms with Crippen molar-refractivity contribution in [3.05, 3.63) is 30.3 Å². The molecule has 0 amide bonds. The molecule has 1 aromatic carbocycles. The van der Waals surface area contributed by atoms with Crippen LogP contribution in [0.25, 0.3) is 10.9 Å². The summed E-state index contributed by atoms with van der Waals surface area (Å²) < 4.78 is 5.20. The number of pyridine rings is 1. The number of nitrogens with zero attached hydrogens (tertiary/aromatic N) is 2. The number of hydrogen-bond acceptors (Lipinski definition) is 6. The summed E-state index contributed by atoms with van der Waals surface area (Å²) in [6.07, 6.45) is -0.537. The number of anilines is 1. The fourth-order valence-electron chi connectivity index (χ4n) is 2.49. The summed E-state index contributed by atoms with van der Waals surface area (Å²) in [5.41, 5.74) is 0.908. The lowest BCUT2D eigenvalue weighted by Crippen LogP contribution is -2.41. The third kappa shape index (κ3) is 4.79. The van der Waals surface area contributed by atoms with Gasteiger partial charge in [-0.15, -0.1) is 0 Å². The molecule has 6 nitrogen and oxygen atoms in total. The average molecular weight is 319 g/mol. The van der Waals surface area contributed by atoms with Crippen LogP contribution in [0.5, 0.6) is 5.75 Å². The summed E-state index contributed by atoms with van der Waals surface area (Å²) in [6, 6.07) is 9.72. The highest BCUT2D eigenvalue weighted by Gasteiger charge is 2.15. The first-order chi connectivity index (χ1) is 11.0. The number of hydrogen-bond donors (Lipinski definition) is 3. The Labute approximate surface area is 136 Å². The number of aliphatic hydroxyl groups is 2. The van der Waals surface area contributed by atoms with Crippen molar-refractivity contribution >= 4 is 16.7 Å². The Morgan fingerprint density at radius 3 is 2.57 bits per heavy atom. The minimum absolute atomic E-state index is 0.604. The minimum Gasteiger partial charge on any atom is -0.497 e. The molecule has 0 fully saturated rings. The molecule has 0 saturated heterocycles. The van der Waals surface area contributed by atoms with Crippen LogP contribution < -0.4 is 10.1 Å². The zero-order chi connectivity index (χ0) is 16.8. The number of nitrogens with one attached hydrogen (secondary N) is 1. The van der Waals surface area contributed by atoms with Gasteiger partial charge in [-0.05, 0) is 50.6 Å². The van der Waals surface area contributed by atoms with Crippen LogP contribution >= 0.6 is 0 Å². The van der Waals surface area contributed by atoms with Gasteiger partial charge in [-0.1, -0.05) is 0 Å². The number of benzene rings is 1. The first-order valence-corrected chi connectivity index (χ1v) is 7.82. The van der Waals surface area contributed by atoms with E-state index in [9.17, 15) is 10.2 Å². The lowest BCUT2D eigenvalue weighted by Gasteiger charge is -2.27. The van der Waals surface area contributed by atoms with Gasteiger partial charge in [0.2, 0.25) is 0 Å². The predicted octanol–water partition coefficient (Wildman–Crippen LogP) is 2.02.